The summed E-state index contributed by atoms with van der Waals surface area (Å²) in [5.74, 6) is -0.385. The van der Waals surface area contributed by atoms with Gasteiger partial charge in [-0.15, -0.1) is 0 Å². The molecule has 3 aromatic carbocycles. The molecule has 4 aromatic rings. The van der Waals surface area contributed by atoms with Gasteiger partial charge in [-0.2, -0.15) is 0 Å². The Hall–Kier alpha value is -3.44. The molecule has 0 unspecified atom stereocenters. The summed E-state index contributed by atoms with van der Waals surface area (Å²) in [6, 6.07) is 21.5. The maximum absolute atomic E-state index is 13.5. The van der Waals surface area contributed by atoms with Gasteiger partial charge < -0.3 is 15.0 Å². The van der Waals surface area contributed by atoms with Crippen LogP contribution in [-0.2, 0) is 0 Å². The summed E-state index contributed by atoms with van der Waals surface area (Å²) in [5, 5.41) is 10.6. The molecule has 0 fully saturated rings. The van der Waals surface area contributed by atoms with Gasteiger partial charge in [0.25, 0.3) is 5.91 Å². The second kappa shape index (κ2) is 6.87. The normalized spacial score (nSPS) is 15.9. The number of halogens is 1. The van der Waals surface area contributed by atoms with Crippen molar-refractivity contribution < 1.29 is 14.3 Å². The maximum Gasteiger partial charge on any atom is 0.255 e. The van der Waals surface area contributed by atoms with Gasteiger partial charge in [0, 0.05) is 28.6 Å². The number of aliphatic hydroxyl groups is 1. The highest BCUT2D eigenvalue weighted by atomic mass is 19.1. The number of carbonyl (C=O) groups is 1. The van der Waals surface area contributed by atoms with Crippen LogP contribution >= 0.6 is 0 Å². The predicted molar refractivity (Wildman–Crippen MR) is 110 cm³/mol. The average molecular weight is 386 g/mol. The van der Waals surface area contributed by atoms with Crippen LogP contribution in [0.25, 0.3) is 22.2 Å². The van der Waals surface area contributed by atoms with E-state index >= 15 is 0 Å². The van der Waals surface area contributed by atoms with Gasteiger partial charge in [-0.05, 0) is 47.5 Å². The third kappa shape index (κ3) is 2.74. The molecule has 0 saturated heterocycles. The standard InChI is InChI=1S/C24H19FN2O2/c25-16-11-9-15(10-12-16)22-21(19-7-3-4-8-20(19)26-22)23-17-5-1-2-6-18(17)24(29)27(23)13-14-28/h1-12,23,26,28H,13-14H2/t23-/m0/s1. The molecule has 1 aliphatic heterocycles. The fourth-order valence-electron chi connectivity index (χ4n) is 4.31. The van der Waals surface area contributed by atoms with Crippen molar-refractivity contribution in [3.05, 3.63) is 95.3 Å². The SMILES string of the molecule is O=C1c2ccccc2[C@@H](c2c(-c3ccc(F)cc3)[nH]c3ccccc23)N1CCO. The highest BCUT2D eigenvalue weighted by Gasteiger charge is 2.39. The third-order valence-corrected chi connectivity index (χ3v) is 5.55. The lowest BCUT2D eigenvalue weighted by Crippen LogP contribution is -2.31. The number of β-amino-alcohol motifs (C(OH)–C–C–N with tert-alkyl or cyclic N) is 1. The van der Waals surface area contributed by atoms with Crippen LogP contribution in [0.4, 0.5) is 4.39 Å². The lowest BCUT2D eigenvalue weighted by atomic mass is 9.93. The van der Waals surface area contributed by atoms with Crippen LogP contribution in [0.15, 0.2) is 72.8 Å². The zero-order valence-electron chi connectivity index (χ0n) is 15.6. The van der Waals surface area contributed by atoms with Crippen molar-refractivity contribution in [1.29, 1.82) is 0 Å². The minimum absolute atomic E-state index is 0.0880. The molecule has 2 heterocycles. The Morgan fingerprint density at radius 1 is 0.966 bits per heavy atom. The van der Waals surface area contributed by atoms with E-state index in [-0.39, 0.29) is 30.9 Å². The van der Waals surface area contributed by atoms with Crippen molar-refractivity contribution in [3.8, 4) is 11.3 Å². The lowest BCUT2D eigenvalue weighted by Gasteiger charge is -2.26. The second-order valence-corrected chi connectivity index (χ2v) is 7.18. The first-order chi connectivity index (χ1) is 14.2. The number of benzene rings is 3. The summed E-state index contributed by atoms with van der Waals surface area (Å²) in [6.45, 7) is 0.116. The molecule has 0 aliphatic carbocycles. The number of aromatic amines is 1. The molecule has 1 amide bonds. The van der Waals surface area contributed by atoms with Crippen LogP contribution in [0.1, 0.15) is 27.5 Å². The Bertz CT molecular complexity index is 1210. The number of hydrogen-bond acceptors (Lipinski definition) is 2. The van der Waals surface area contributed by atoms with Crippen molar-refractivity contribution in [3.63, 3.8) is 0 Å². The molecule has 1 aliphatic rings. The number of hydrogen-bond donors (Lipinski definition) is 2. The number of amides is 1. The van der Waals surface area contributed by atoms with Gasteiger partial charge in [0.1, 0.15) is 5.82 Å². The van der Waals surface area contributed by atoms with Crippen molar-refractivity contribution in [1.82, 2.24) is 9.88 Å². The van der Waals surface area contributed by atoms with Crippen LogP contribution in [0.5, 0.6) is 0 Å². The predicted octanol–water partition coefficient (Wildman–Crippen LogP) is 4.51. The lowest BCUT2D eigenvalue weighted by molar-refractivity contribution is 0.0713. The Morgan fingerprint density at radius 3 is 2.48 bits per heavy atom. The fraction of sp³-hybridized carbons (Fsp3) is 0.125. The van der Waals surface area contributed by atoms with E-state index in [2.05, 4.69) is 4.98 Å². The van der Waals surface area contributed by atoms with E-state index in [0.717, 1.165) is 33.3 Å². The zero-order chi connectivity index (χ0) is 20.0. The third-order valence-electron chi connectivity index (χ3n) is 5.55. The van der Waals surface area contributed by atoms with E-state index in [1.807, 2.05) is 48.5 Å². The summed E-state index contributed by atoms with van der Waals surface area (Å²) in [6.07, 6.45) is 0. The van der Waals surface area contributed by atoms with Gasteiger partial charge in [0.15, 0.2) is 0 Å². The number of H-pyrrole nitrogens is 1. The Kier molecular flexibility index (Phi) is 4.18. The molecule has 1 aromatic heterocycles. The van der Waals surface area contributed by atoms with E-state index in [0.29, 0.717) is 5.56 Å². The van der Waals surface area contributed by atoms with Gasteiger partial charge in [0.2, 0.25) is 0 Å². The quantitative estimate of drug-likeness (QED) is 0.542. The number of fused-ring (bicyclic) bond motifs is 2. The van der Waals surface area contributed by atoms with Crippen LogP contribution in [0.3, 0.4) is 0 Å². The molecule has 0 saturated carbocycles. The first kappa shape index (κ1) is 17.6. The van der Waals surface area contributed by atoms with Gasteiger partial charge in [0.05, 0.1) is 18.3 Å². The molecule has 0 radical (unpaired) electrons. The minimum atomic E-state index is -0.331. The Labute approximate surface area is 167 Å². The van der Waals surface area contributed by atoms with Crippen LogP contribution < -0.4 is 0 Å². The number of nitrogens with one attached hydrogen (secondary N) is 1. The number of aliphatic hydroxyl groups excluding tert-OH is 1. The molecule has 144 valence electrons. The molecule has 2 N–H and O–H groups in total. The van der Waals surface area contributed by atoms with Crippen molar-refractivity contribution in [2.24, 2.45) is 0 Å². The summed E-state index contributed by atoms with van der Waals surface area (Å²) in [5.41, 5.74) is 5.17. The maximum atomic E-state index is 13.5. The van der Waals surface area contributed by atoms with Gasteiger partial charge in [-0.25, -0.2) is 4.39 Å². The van der Waals surface area contributed by atoms with E-state index in [9.17, 15) is 14.3 Å². The first-order valence-corrected chi connectivity index (χ1v) is 9.56. The zero-order valence-corrected chi connectivity index (χ0v) is 15.6. The highest BCUT2D eigenvalue weighted by Crippen LogP contribution is 2.45. The van der Waals surface area contributed by atoms with Crippen LogP contribution in [0.2, 0.25) is 0 Å². The highest BCUT2D eigenvalue weighted by molar-refractivity contribution is 6.02. The van der Waals surface area contributed by atoms with Crippen LogP contribution in [-0.4, -0.2) is 34.0 Å². The molecule has 1 atom stereocenters. The van der Waals surface area contributed by atoms with Gasteiger partial charge in [-0.1, -0.05) is 36.4 Å². The topological polar surface area (TPSA) is 56.3 Å². The number of aromatic nitrogens is 1. The molecule has 5 heteroatoms. The Balaban J connectivity index is 1.80. The summed E-state index contributed by atoms with van der Waals surface area (Å²) in [7, 11) is 0. The molecule has 0 bridgehead atoms. The van der Waals surface area contributed by atoms with Crippen molar-refractivity contribution in [2.75, 3.05) is 13.2 Å². The van der Waals surface area contributed by atoms with E-state index in [1.54, 1.807) is 17.0 Å². The molecular formula is C24H19FN2O2. The molecule has 4 nitrogen and oxygen atoms in total. The average Bonchev–Trinajstić information content (AvgIpc) is 3.25. The largest absolute Gasteiger partial charge is 0.395 e. The van der Waals surface area contributed by atoms with Gasteiger partial charge in [-0.3, -0.25) is 4.79 Å². The monoisotopic (exact) mass is 386 g/mol. The smallest absolute Gasteiger partial charge is 0.255 e. The fourth-order valence-corrected chi connectivity index (χ4v) is 4.31. The van der Waals surface area contributed by atoms with Crippen molar-refractivity contribution in [2.45, 2.75) is 6.04 Å². The van der Waals surface area contributed by atoms with Crippen molar-refractivity contribution >= 4 is 16.8 Å². The summed E-state index contributed by atoms with van der Waals surface area (Å²) in [4.78, 5) is 18.3. The number of nitrogens with zero attached hydrogens (tertiary/aromatic N) is 1. The van der Waals surface area contributed by atoms with E-state index in [1.165, 1.54) is 12.1 Å². The number of para-hydroxylation sites is 1. The molecule has 0 spiro atoms. The number of rotatable bonds is 4. The van der Waals surface area contributed by atoms with Gasteiger partial charge >= 0.3 is 0 Å². The minimum Gasteiger partial charge on any atom is -0.395 e. The molecule has 5 rings (SSSR count). The summed E-state index contributed by atoms with van der Waals surface area (Å²) >= 11 is 0. The van der Waals surface area contributed by atoms with E-state index < -0.39 is 0 Å². The van der Waals surface area contributed by atoms with E-state index in [4.69, 9.17) is 0 Å². The second-order valence-electron chi connectivity index (χ2n) is 7.18. The summed E-state index contributed by atoms with van der Waals surface area (Å²) < 4.78 is 13.5. The molecule has 29 heavy (non-hydrogen) atoms. The Morgan fingerprint density at radius 2 is 1.69 bits per heavy atom. The number of carbonyl (C=O) groups excluding carboxylic acids is 1. The first-order valence-electron chi connectivity index (χ1n) is 9.56. The van der Waals surface area contributed by atoms with Crippen LogP contribution in [0, 0.1) is 5.82 Å². The molecular weight excluding hydrogens is 367 g/mol.